The molecule has 3 N–H and O–H groups in total. The van der Waals surface area contributed by atoms with Gasteiger partial charge in [-0.3, -0.25) is 4.90 Å². The Bertz CT molecular complexity index is 743. The summed E-state index contributed by atoms with van der Waals surface area (Å²) in [6.45, 7) is 0.947. The molecule has 2 aromatic rings. The minimum absolute atomic E-state index is 0.124. The molecule has 4 rings (SSSR count). The Labute approximate surface area is 164 Å². The fourth-order valence-electron chi connectivity index (χ4n) is 4.35. The maximum Gasteiger partial charge on any atom is 0.104 e. The van der Waals surface area contributed by atoms with Crippen LogP contribution in [0.25, 0.3) is 0 Å². The first kappa shape index (κ1) is 19.5. The van der Waals surface area contributed by atoms with Crippen LogP contribution in [0.15, 0.2) is 60.7 Å². The van der Waals surface area contributed by atoms with Crippen molar-refractivity contribution in [2.75, 3.05) is 13.2 Å². The number of rotatable bonds is 7. The van der Waals surface area contributed by atoms with Crippen molar-refractivity contribution in [1.82, 2.24) is 4.90 Å². The third kappa shape index (κ3) is 3.85. The minimum atomic E-state index is -0.930. The van der Waals surface area contributed by atoms with Gasteiger partial charge in [-0.05, 0) is 11.1 Å². The van der Waals surface area contributed by atoms with Gasteiger partial charge in [0.2, 0.25) is 0 Å². The van der Waals surface area contributed by atoms with E-state index in [9.17, 15) is 15.3 Å². The summed E-state index contributed by atoms with van der Waals surface area (Å²) in [5.41, 5.74) is 2.06. The van der Waals surface area contributed by atoms with Gasteiger partial charge in [0.15, 0.2) is 0 Å². The molecule has 0 aromatic heterocycles. The molecule has 2 heterocycles. The van der Waals surface area contributed by atoms with E-state index < -0.39 is 30.5 Å². The van der Waals surface area contributed by atoms with E-state index in [4.69, 9.17) is 9.47 Å². The molecule has 0 saturated carbocycles. The minimum Gasteiger partial charge on any atom is -0.395 e. The van der Waals surface area contributed by atoms with Crippen molar-refractivity contribution >= 4 is 0 Å². The predicted octanol–water partition coefficient (Wildman–Crippen LogP) is 0.938. The van der Waals surface area contributed by atoms with Crippen LogP contribution in [-0.2, 0) is 22.7 Å². The van der Waals surface area contributed by atoms with Gasteiger partial charge in [0, 0.05) is 6.54 Å². The van der Waals surface area contributed by atoms with Gasteiger partial charge in [0.25, 0.3) is 0 Å². The molecule has 0 unspecified atom stereocenters. The topological polar surface area (TPSA) is 82.4 Å². The van der Waals surface area contributed by atoms with E-state index in [1.807, 2.05) is 65.6 Å². The molecule has 0 amide bonds. The monoisotopic (exact) mass is 385 g/mol. The van der Waals surface area contributed by atoms with Crippen molar-refractivity contribution in [3.8, 4) is 0 Å². The van der Waals surface area contributed by atoms with Crippen molar-refractivity contribution in [2.45, 2.75) is 49.7 Å². The molecule has 2 fully saturated rings. The fourth-order valence-corrected chi connectivity index (χ4v) is 4.35. The lowest BCUT2D eigenvalue weighted by Gasteiger charge is -2.28. The van der Waals surface area contributed by atoms with Crippen molar-refractivity contribution in [1.29, 1.82) is 0 Å². The molecular weight excluding hydrogens is 358 g/mol. The summed E-state index contributed by atoms with van der Waals surface area (Å²) in [6, 6.07) is 18.9. The number of hydrogen-bond donors (Lipinski definition) is 3. The second-order valence-electron chi connectivity index (χ2n) is 7.52. The third-order valence-electron chi connectivity index (χ3n) is 5.75. The zero-order valence-electron chi connectivity index (χ0n) is 15.7. The van der Waals surface area contributed by atoms with E-state index >= 15 is 0 Å². The lowest BCUT2D eigenvalue weighted by atomic mass is 10.0. The Morgan fingerprint density at radius 2 is 1.36 bits per heavy atom. The highest BCUT2D eigenvalue weighted by Crippen LogP contribution is 2.37. The lowest BCUT2D eigenvalue weighted by Crippen LogP contribution is -2.44. The Hall–Kier alpha value is -1.80. The van der Waals surface area contributed by atoms with Gasteiger partial charge in [0.05, 0.1) is 44.1 Å². The number of benzene rings is 2. The molecular formula is C22H27NO5. The fraction of sp³-hybridized carbons (Fsp3) is 0.455. The number of aliphatic hydroxyl groups is 3. The largest absolute Gasteiger partial charge is 0.395 e. The molecule has 0 radical (unpaired) electrons. The Morgan fingerprint density at radius 1 is 0.821 bits per heavy atom. The van der Waals surface area contributed by atoms with Gasteiger partial charge < -0.3 is 24.8 Å². The summed E-state index contributed by atoms with van der Waals surface area (Å²) < 4.78 is 12.4. The number of hydrogen-bond acceptors (Lipinski definition) is 6. The van der Waals surface area contributed by atoms with Crippen LogP contribution in [-0.4, -0.2) is 69.9 Å². The highest BCUT2D eigenvalue weighted by molar-refractivity contribution is 5.16. The van der Waals surface area contributed by atoms with Crippen LogP contribution < -0.4 is 0 Å². The molecule has 150 valence electrons. The molecule has 6 atom stereocenters. The molecule has 0 spiro atoms. The predicted molar refractivity (Wildman–Crippen MR) is 103 cm³/mol. The van der Waals surface area contributed by atoms with Gasteiger partial charge in [0.1, 0.15) is 12.2 Å². The van der Waals surface area contributed by atoms with Crippen LogP contribution >= 0.6 is 0 Å². The molecule has 0 bridgehead atoms. The van der Waals surface area contributed by atoms with Crippen molar-refractivity contribution in [3.63, 3.8) is 0 Å². The van der Waals surface area contributed by atoms with Gasteiger partial charge >= 0.3 is 0 Å². The zero-order chi connectivity index (χ0) is 19.5. The number of aliphatic hydroxyl groups excluding tert-OH is 3. The van der Waals surface area contributed by atoms with Crippen LogP contribution in [0.3, 0.4) is 0 Å². The quantitative estimate of drug-likeness (QED) is 0.658. The highest BCUT2D eigenvalue weighted by Gasteiger charge is 2.58. The van der Waals surface area contributed by atoms with E-state index in [-0.39, 0.29) is 12.6 Å². The molecule has 2 aromatic carbocycles. The van der Waals surface area contributed by atoms with Crippen molar-refractivity contribution < 1.29 is 24.8 Å². The molecule has 6 nitrogen and oxygen atoms in total. The standard InChI is InChI=1S/C22H27NO5/c24-12-17-21(27-13-15-7-3-1-4-8-15)22(19-20(26)18(25)11-23(17)19)28-14-16-9-5-2-6-10-16/h1-10,17-22,24-26H,11-14H2/t17-,18+,19-,20-,21-,22-/m1/s1. The molecule has 2 aliphatic heterocycles. The van der Waals surface area contributed by atoms with Crippen LogP contribution in [0, 0.1) is 0 Å². The summed E-state index contributed by atoms with van der Waals surface area (Å²) in [4.78, 5) is 1.93. The summed E-state index contributed by atoms with van der Waals surface area (Å²) in [6.07, 6.45) is -2.63. The Balaban J connectivity index is 1.53. The third-order valence-corrected chi connectivity index (χ3v) is 5.75. The normalized spacial score (nSPS) is 32.5. The van der Waals surface area contributed by atoms with E-state index in [0.29, 0.717) is 19.8 Å². The molecule has 6 heteroatoms. The Kier molecular flexibility index (Phi) is 6.06. The maximum absolute atomic E-state index is 10.5. The SMILES string of the molecule is OC[C@@H]1[C@@H](OCc2ccccc2)[C@H](OCc2ccccc2)[C@H]2[C@H](O)[C@@H](O)CN21. The average molecular weight is 385 g/mol. The number of nitrogens with zero attached hydrogens (tertiary/aromatic N) is 1. The second-order valence-corrected chi connectivity index (χ2v) is 7.52. The number of fused-ring (bicyclic) bond motifs is 1. The first-order valence-corrected chi connectivity index (χ1v) is 9.73. The number of ether oxygens (including phenoxy) is 2. The van der Waals surface area contributed by atoms with Gasteiger partial charge in [-0.25, -0.2) is 0 Å². The van der Waals surface area contributed by atoms with E-state index in [1.165, 1.54) is 0 Å². The van der Waals surface area contributed by atoms with Crippen LogP contribution in [0.1, 0.15) is 11.1 Å². The summed E-state index contributed by atoms with van der Waals surface area (Å²) in [5, 5.41) is 30.7. The average Bonchev–Trinajstić information content (AvgIpc) is 3.19. The maximum atomic E-state index is 10.5. The smallest absolute Gasteiger partial charge is 0.104 e. The van der Waals surface area contributed by atoms with Gasteiger partial charge in [-0.15, -0.1) is 0 Å². The summed E-state index contributed by atoms with van der Waals surface area (Å²) in [5.74, 6) is 0. The Morgan fingerprint density at radius 3 is 1.89 bits per heavy atom. The molecule has 28 heavy (non-hydrogen) atoms. The van der Waals surface area contributed by atoms with E-state index in [2.05, 4.69) is 0 Å². The zero-order valence-corrected chi connectivity index (χ0v) is 15.7. The molecule has 0 aliphatic carbocycles. The van der Waals surface area contributed by atoms with Crippen LogP contribution in [0.5, 0.6) is 0 Å². The summed E-state index contributed by atoms with van der Waals surface area (Å²) >= 11 is 0. The molecule has 2 aliphatic rings. The van der Waals surface area contributed by atoms with Crippen LogP contribution in [0.2, 0.25) is 0 Å². The highest BCUT2D eigenvalue weighted by atomic mass is 16.5. The first-order valence-electron chi connectivity index (χ1n) is 9.73. The van der Waals surface area contributed by atoms with E-state index in [0.717, 1.165) is 11.1 Å². The van der Waals surface area contributed by atoms with Gasteiger partial charge in [-0.1, -0.05) is 60.7 Å². The van der Waals surface area contributed by atoms with Crippen molar-refractivity contribution in [2.24, 2.45) is 0 Å². The molecule has 2 saturated heterocycles. The van der Waals surface area contributed by atoms with Gasteiger partial charge in [-0.2, -0.15) is 0 Å². The first-order chi connectivity index (χ1) is 13.7. The van der Waals surface area contributed by atoms with Crippen LogP contribution in [0.4, 0.5) is 0 Å². The van der Waals surface area contributed by atoms with Crippen molar-refractivity contribution in [3.05, 3.63) is 71.8 Å². The summed E-state index contributed by atoms with van der Waals surface area (Å²) in [7, 11) is 0. The second kappa shape index (κ2) is 8.69. The lowest BCUT2D eigenvalue weighted by molar-refractivity contribution is -0.0993. The van der Waals surface area contributed by atoms with E-state index in [1.54, 1.807) is 0 Å².